The molecule has 0 fully saturated rings. The fourth-order valence-electron chi connectivity index (χ4n) is 1.34. The van der Waals surface area contributed by atoms with E-state index in [0.29, 0.717) is 0 Å². The van der Waals surface area contributed by atoms with Gasteiger partial charge >= 0.3 is 0 Å². The Kier molecular flexibility index (Phi) is 3.77. The number of nitrogens with zero attached hydrogens (tertiary/aromatic N) is 3. The molecule has 1 aromatic heterocycles. The predicted octanol–water partition coefficient (Wildman–Crippen LogP) is 3.57. The largest absolute Gasteiger partial charge is 0.331 e. The highest BCUT2D eigenvalue weighted by molar-refractivity contribution is 6.33. The number of para-hydroxylation sites is 1. The maximum atomic E-state index is 13.6. The Morgan fingerprint density at radius 1 is 1.37 bits per heavy atom. The summed E-state index contributed by atoms with van der Waals surface area (Å²) in [5.41, 5.74) is -0.782. The van der Waals surface area contributed by atoms with E-state index in [1.54, 1.807) is 0 Å². The minimum absolute atomic E-state index is 0.0186. The molecule has 0 aliphatic heterocycles. The molecular weight excluding hydrogens is 298 g/mol. The molecule has 0 amide bonds. The number of nitro groups is 1. The molecule has 1 N–H and O–H groups in total. The molecule has 1 aromatic carbocycles. The topological polar surface area (TPSA) is 81.0 Å². The molecule has 2 aromatic rings. The van der Waals surface area contributed by atoms with Crippen LogP contribution in [0.1, 0.15) is 0 Å². The molecule has 0 unspecified atom stereocenters. The number of benzene rings is 1. The molecule has 0 saturated carbocycles. The zero-order chi connectivity index (χ0) is 14.0. The highest BCUT2D eigenvalue weighted by atomic mass is 35.5. The zero-order valence-electron chi connectivity index (χ0n) is 9.10. The van der Waals surface area contributed by atoms with Gasteiger partial charge in [0.1, 0.15) is 5.02 Å². The standard InChI is InChI=1S/C10H5Cl2FN4O2/c11-5-4-14-10(12)16-9(5)15-8-6(13)2-1-3-7(8)17(18)19/h1-4H,(H,14,15,16). The summed E-state index contributed by atoms with van der Waals surface area (Å²) in [7, 11) is 0. The summed E-state index contributed by atoms with van der Waals surface area (Å²) in [6, 6.07) is 3.46. The number of aromatic nitrogens is 2. The van der Waals surface area contributed by atoms with Gasteiger partial charge in [0.2, 0.25) is 5.28 Å². The van der Waals surface area contributed by atoms with Crippen LogP contribution < -0.4 is 5.32 Å². The quantitative estimate of drug-likeness (QED) is 0.532. The summed E-state index contributed by atoms with van der Waals surface area (Å²) < 4.78 is 13.6. The van der Waals surface area contributed by atoms with Gasteiger partial charge in [-0.2, -0.15) is 4.98 Å². The second-order valence-electron chi connectivity index (χ2n) is 3.35. The van der Waals surface area contributed by atoms with Crippen molar-refractivity contribution in [3.8, 4) is 0 Å². The highest BCUT2D eigenvalue weighted by Crippen LogP contribution is 2.32. The SMILES string of the molecule is O=[N+]([O-])c1cccc(F)c1Nc1nc(Cl)ncc1Cl. The number of anilines is 2. The van der Waals surface area contributed by atoms with E-state index in [1.165, 1.54) is 12.3 Å². The van der Waals surface area contributed by atoms with E-state index in [0.717, 1.165) is 12.1 Å². The minimum Gasteiger partial charge on any atom is -0.331 e. The van der Waals surface area contributed by atoms with Crippen molar-refractivity contribution in [3.63, 3.8) is 0 Å². The summed E-state index contributed by atoms with van der Waals surface area (Å²) in [4.78, 5) is 17.5. The molecule has 19 heavy (non-hydrogen) atoms. The first kappa shape index (κ1) is 13.4. The number of rotatable bonds is 3. The number of nitrogens with one attached hydrogen (secondary N) is 1. The Balaban J connectivity index is 2.49. The molecule has 0 aliphatic rings. The number of halogens is 3. The van der Waals surface area contributed by atoms with Crippen LogP contribution in [0.15, 0.2) is 24.4 Å². The van der Waals surface area contributed by atoms with Crippen LogP contribution in [-0.4, -0.2) is 14.9 Å². The third-order valence-corrected chi connectivity index (χ3v) is 2.61. The van der Waals surface area contributed by atoms with Crippen molar-refractivity contribution in [2.75, 3.05) is 5.32 Å². The van der Waals surface area contributed by atoms with Crippen LogP contribution in [0.4, 0.5) is 21.6 Å². The molecule has 0 bridgehead atoms. The Hall–Kier alpha value is -1.99. The second-order valence-corrected chi connectivity index (χ2v) is 4.10. The molecule has 6 nitrogen and oxygen atoms in total. The molecule has 1 heterocycles. The van der Waals surface area contributed by atoms with Crippen molar-refractivity contribution in [1.29, 1.82) is 0 Å². The van der Waals surface area contributed by atoms with Crippen LogP contribution in [0.2, 0.25) is 10.3 Å². The van der Waals surface area contributed by atoms with E-state index in [9.17, 15) is 14.5 Å². The monoisotopic (exact) mass is 302 g/mol. The number of nitro benzene ring substituents is 1. The summed E-state index contributed by atoms with van der Waals surface area (Å²) in [5.74, 6) is -0.824. The van der Waals surface area contributed by atoms with E-state index in [4.69, 9.17) is 23.2 Å². The molecule has 2 rings (SSSR count). The zero-order valence-corrected chi connectivity index (χ0v) is 10.6. The lowest BCUT2D eigenvalue weighted by molar-refractivity contribution is -0.384. The lowest BCUT2D eigenvalue weighted by Gasteiger charge is -2.08. The van der Waals surface area contributed by atoms with E-state index in [-0.39, 0.29) is 21.8 Å². The normalized spacial score (nSPS) is 10.3. The summed E-state index contributed by atoms with van der Waals surface area (Å²) in [6.07, 6.45) is 1.20. The third kappa shape index (κ3) is 2.88. The van der Waals surface area contributed by atoms with Crippen molar-refractivity contribution >= 4 is 40.4 Å². The molecule has 98 valence electrons. The summed E-state index contributed by atoms with van der Waals surface area (Å²) in [6.45, 7) is 0. The Morgan fingerprint density at radius 3 is 2.79 bits per heavy atom. The molecular formula is C10H5Cl2FN4O2. The van der Waals surface area contributed by atoms with E-state index >= 15 is 0 Å². The molecule has 0 radical (unpaired) electrons. The summed E-state index contributed by atoms with van der Waals surface area (Å²) in [5, 5.41) is 13.2. The first-order valence-electron chi connectivity index (χ1n) is 4.87. The molecule has 0 spiro atoms. The molecule has 0 atom stereocenters. The van der Waals surface area contributed by atoms with Crippen molar-refractivity contribution in [3.05, 3.63) is 50.6 Å². The van der Waals surface area contributed by atoms with Crippen LogP contribution in [0.5, 0.6) is 0 Å². The van der Waals surface area contributed by atoms with Crippen LogP contribution in [0.3, 0.4) is 0 Å². The van der Waals surface area contributed by atoms with Gasteiger partial charge in [0.05, 0.1) is 11.1 Å². The van der Waals surface area contributed by atoms with Gasteiger partial charge in [-0.1, -0.05) is 17.7 Å². The number of hydrogen-bond acceptors (Lipinski definition) is 5. The van der Waals surface area contributed by atoms with Gasteiger partial charge in [0.15, 0.2) is 17.3 Å². The molecule has 9 heteroatoms. The smallest absolute Gasteiger partial charge is 0.295 e. The first-order valence-corrected chi connectivity index (χ1v) is 5.62. The highest BCUT2D eigenvalue weighted by Gasteiger charge is 2.19. The first-order chi connectivity index (χ1) is 8.99. The lowest BCUT2D eigenvalue weighted by atomic mass is 10.2. The van der Waals surface area contributed by atoms with E-state index < -0.39 is 16.4 Å². The Labute approximate surface area is 116 Å². The average molecular weight is 303 g/mol. The van der Waals surface area contributed by atoms with E-state index in [1.807, 2.05) is 0 Å². The van der Waals surface area contributed by atoms with Gasteiger partial charge < -0.3 is 5.32 Å². The van der Waals surface area contributed by atoms with Gasteiger partial charge in [0.25, 0.3) is 5.69 Å². The van der Waals surface area contributed by atoms with Gasteiger partial charge in [-0.25, -0.2) is 9.37 Å². The Morgan fingerprint density at radius 2 is 2.11 bits per heavy atom. The maximum Gasteiger partial charge on any atom is 0.295 e. The minimum atomic E-state index is -0.806. The van der Waals surface area contributed by atoms with Crippen LogP contribution in [0, 0.1) is 15.9 Å². The predicted molar refractivity (Wildman–Crippen MR) is 68.4 cm³/mol. The van der Waals surface area contributed by atoms with Crippen molar-refractivity contribution in [2.45, 2.75) is 0 Å². The Bertz CT molecular complexity index is 653. The second kappa shape index (κ2) is 5.33. The lowest BCUT2D eigenvalue weighted by Crippen LogP contribution is -2.02. The van der Waals surface area contributed by atoms with Crippen LogP contribution >= 0.6 is 23.2 Å². The average Bonchev–Trinajstić information content (AvgIpc) is 2.35. The number of hydrogen-bond donors (Lipinski definition) is 1. The van der Waals surface area contributed by atoms with Crippen LogP contribution in [0.25, 0.3) is 0 Å². The molecule has 0 aliphatic carbocycles. The molecule has 0 saturated heterocycles. The van der Waals surface area contributed by atoms with Gasteiger partial charge in [-0.15, -0.1) is 0 Å². The van der Waals surface area contributed by atoms with Gasteiger partial charge in [-0.3, -0.25) is 10.1 Å². The van der Waals surface area contributed by atoms with Gasteiger partial charge in [0, 0.05) is 6.07 Å². The van der Waals surface area contributed by atoms with Gasteiger partial charge in [-0.05, 0) is 17.7 Å². The fourth-order valence-corrected chi connectivity index (χ4v) is 1.61. The fraction of sp³-hybridized carbons (Fsp3) is 0. The van der Waals surface area contributed by atoms with Crippen LogP contribution in [-0.2, 0) is 0 Å². The van der Waals surface area contributed by atoms with Crippen molar-refractivity contribution in [1.82, 2.24) is 9.97 Å². The van der Waals surface area contributed by atoms with Crippen molar-refractivity contribution in [2.24, 2.45) is 0 Å². The maximum absolute atomic E-state index is 13.6. The van der Waals surface area contributed by atoms with Crippen molar-refractivity contribution < 1.29 is 9.31 Å². The summed E-state index contributed by atoms with van der Waals surface area (Å²) >= 11 is 11.4. The van der Waals surface area contributed by atoms with E-state index in [2.05, 4.69) is 15.3 Å². The third-order valence-electron chi connectivity index (χ3n) is 2.15.